The van der Waals surface area contributed by atoms with Gasteiger partial charge < -0.3 is 9.73 Å². The van der Waals surface area contributed by atoms with E-state index in [4.69, 9.17) is 16.0 Å². The van der Waals surface area contributed by atoms with Crippen molar-refractivity contribution in [2.24, 2.45) is 0 Å². The van der Waals surface area contributed by atoms with Crippen LogP contribution in [-0.4, -0.2) is 6.54 Å². The largest absolute Gasteiger partial charge is 0.469 e. The quantitative estimate of drug-likeness (QED) is 0.838. The lowest BCUT2D eigenvalue weighted by Gasteiger charge is -2.19. The molecular weight excluding hydrogens is 277 g/mol. The summed E-state index contributed by atoms with van der Waals surface area (Å²) in [5.74, 6) is 0.591. The van der Waals surface area contributed by atoms with Crippen LogP contribution in [-0.2, 0) is 6.42 Å². The van der Waals surface area contributed by atoms with E-state index in [1.54, 1.807) is 18.4 Å². The van der Waals surface area contributed by atoms with Crippen LogP contribution in [0.15, 0.2) is 34.9 Å². The Morgan fingerprint density at radius 2 is 2.15 bits per heavy atom. The molecule has 0 aliphatic carbocycles. The van der Waals surface area contributed by atoms with Crippen LogP contribution >= 0.6 is 11.6 Å². The molecule has 0 radical (unpaired) electrons. The third kappa shape index (κ3) is 3.41. The van der Waals surface area contributed by atoms with Crippen molar-refractivity contribution in [3.05, 3.63) is 58.3 Å². The Labute approximate surface area is 123 Å². The predicted molar refractivity (Wildman–Crippen MR) is 79.6 cm³/mol. The minimum atomic E-state index is -0.262. The van der Waals surface area contributed by atoms with Crippen molar-refractivity contribution in [3.63, 3.8) is 0 Å². The molecule has 2 nitrogen and oxygen atoms in total. The van der Waals surface area contributed by atoms with Gasteiger partial charge in [-0.1, -0.05) is 24.6 Å². The van der Waals surface area contributed by atoms with Crippen LogP contribution < -0.4 is 5.32 Å². The molecule has 1 aromatic heterocycles. The maximum Gasteiger partial charge on any atom is 0.127 e. The predicted octanol–water partition coefficient (Wildman–Crippen LogP) is 4.66. The molecule has 0 aliphatic rings. The highest BCUT2D eigenvalue weighted by molar-refractivity contribution is 6.31. The molecule has 0 bridgehead atoms. The van der Waals surface area contributed by atoms with Crippen LogP contribution in [0.3, 0.4) is 0 Å². The van der Waals surface area contributed by atoms with E-state index in [1.165, 1.54) is 6.07 Å². The first-order chi connectivity index (χ1) is 9.63. The molecule has 2 aromatic rings. The third-order valence-corrected chi connectivity index (χ3v) is 3.74. The second-order valence-electron chi connectivity index (χ2n) is 4.84. The maximum absolute atomic E-state index is 13.9. The van der Waals surface area contributed by atoms with Gasteiger partial charge in [0.2, 0.25) is 0 Å². The first-order valence-corrected chi connectivity index (χ1v) is 7.21. The average molecular weight is 296 g/mol. The van der Waals surface area contributed by atoms with Crippen molar-refractivity contribution in [1.29, 1.82) is 0 Å². The zero-order chi connectivity index (χ0) is 14.5. The van der Waals surface area contributed by atoms with Gasteiger partial charge in [0.05, 0.1) is 6.26 Å². The first-order valence-electron chi connectivity index (χ1n) is 6.83. The zero-order valence-electron chi connectivity index (χ0n) is 11.7. The highest BCUT2D eigenvalue weighted by atomic mass is 35.5. The standard InChI is InChI=1S/C16H19ClFNO/c1-3-8-19-16(12-7-9-20-11(12)2)10-13-14(17)5-4-6-15(13)18/h4-7,9,16,19H,3,8,10H2,1-2H3. The van der Waals surface area contributed by atoms with Crippen LogP contribution in [0.4, 0.5) is 4.39 Å². The molecule has 1 unspecified atom stereocenters. The lowest BCUT2D eigenvalue weighted by atomic mass is 9.98. The van der Waals surface area contributed by atoms with Crippen molar-refractivity contribution in [3.8, 4) is 0 Å². The van der Waals surface area contributed by atoms with Crippen molar-refractivity contribution in [2.45, 2.75) is 32.7 Å². The Balaban J connectivity index is 2.26. The molecule has 108 valence electrons. The Morgan fingerprint density at radius 3 is 2.75 bits per heavy atom. The maximum atomic E-state index is 13.9. The summed E-state index contributed by atoms with van der Waals surface area (Å²) in [6, 6.07) is 6.72. The number of furan rings is 1. The molecule has 1 N–H and O–H groups in total. The molecule has 0 amide bonds. The second-order valence-corrected chi connectivity index (χ2v) is 5.25. The number of benzene rings is 1. The Kier molecular flexibility index (Phi) is 5.21. The van der Waals surface area contributed by atoms with Gasteiger partial charge in [-0.15, -0.1) is 0 Å². The van der Waals surface area contributed by atoms with Gasteiger partial charge in [-0.05, 0) is 44.5 Å². The van der Waals surface area contributed by atoms with E-state index in [0.717, 1.165) is 24.3 Å². The average Bonchev–Trinajstić information content (AvgIpc) is 2.84. The zero-order valence-corrected chi connectivity index (χ0v) is 12.5. The van der Waals surface area contributed by atoms with Crippen LogP contribution in [0.2, 0.25) is 5.02 Å². The number of rotatable bonds is 6. The van der Waals surface area contributed by atoms with Gasteiger partial charge in [0, 0.05) is 22.2 Å². The summed E-state index contributed by atoms with van der Waals surface area (Å²) in [6.07, 6.45) is 3.18. The molecule has 1 atom stereocenters. The van der Waals surface area contributed by atoms with Crippen LogP contribution in [0.25, 0.3) is 0 Å². The molecule has 20 heavy (non-hydrogen) atoms. The van der Waals surface area contributed by atoms with Gasteiger partial charge in [-0.3, -0.25) is 0 Å². The molecule has 0 fully saturated rings. The van der Waals surface area contributed by atoms with E-state index < -0.39 is 0 Å². The third-order valence-electron chi connectivity index (χ3n) is 3.39. The van der Waals surface area contributed by atoms with Crippen molar-refractivity contribution < 1.29 is 8.81 Å². The van der Waals surface area contributed by atoms with Crippen LogP contribution in [0.5, 0.6) is 0 Å². The summed E-state index contributed by atoms with van der Waals surface area (Å²) < 4.78 is 19.3. The van der Waals surface area contributed by atoms with E-state index >= 15 is 0 Å². The van der Waals surface area contributed by atoms with Gasteiger partial charge in [0.15, 0.2) is 0 Å². The molecular formula is C16H19ClFNO. The molecule has 0 aliphatic heterocycles. The fourth-order valence-corrected chi connectivity index (χ4v) is 2.54. The lowest BCUT2D eigenvalue weighted by Crippen LogP contribution is -2.24. The van der Waals surface area contributed by atoms with Gasteiger partial charge in [-0.2, -0.15) is 0 Å². The van der Waals surface area contributed by atoms with Gasteiger partial charge in [0.1, 0.15) is 11.6 Å². The minimum Gasteiger partial charge on any atom is -0.469 e. The Morgan fingerprint density at radius 1 is 1.35 bits per heavy atom. The summed E-state index contributed by atoms with van der Waals surface area (Å²) in [7, 11) is 0. The first kappa shape index (κ1) is 15.1. The van der Waals surface area contributed by atoms with Crippen molar-refractivity contribution in [1.82, 2.24) is 5.32 Å². The molecule has 2 rings (SSSR count). The SMILES string of the molecule is CCCNC(Cc1c(F)cccc1Cl)c1ccoc1C. The summed E-state index contributed by atoms with van der Waals surface area (Å²) in [4.78, 5) is 0. The van der Waals surface area contributed by atoms with Crippen LogP contribution in [0, 0.1) is 12.7 Å². The highest BCUT2D eigenvalue weighted by Gasteiger charge is 2.19. The van der Waals surface area contributed by atoms with Crippen LogP contribution in [0.1, 0.15) is 36.3 Å². The molecule has 0 saturated heterocycles. The van der Waals surface area contributed by atoms with Gasteiger partial charge in [0.25, 0.3) is 0 Å². The molecule has 4 heteroatoms. The van der Waals surface area contributed by atoms with Gasteiger partial charge in [-0.25, -0.2) is 4.39 Å². The van der Waals surface area contributed by atoms with Gasteiger partial charge >= 0.3 is 0 Å². The van der Waals surface area contributed by atoms with Crippen molar-refractivity contribution >= 4 is 11.6 Å². The Hall–Kier alpha value is -1.32. The minimum absolute atomic E-state index is 0.00287. The highest BCUT2D eigenvalue weighted by Crippen LogP contribution is 2.27. The normalized spacial score (nSPS) is 12.6. The van der Waals surface area contributed by atoms with Crippen molar-refractivity contribution in [2.75, 3.05) is 6.54 Å². The topological polar surface area (TPSA) is 25.2 Å². The number of hydrogen-bond donors (Lipinski definition) is 1. The fraction of sp³-hybridized carbons (Fsp3) is 0.375. The van der Waals surface area contributed by atoms with E-state index in [2.05, 4.69) is 12.2 Å². The van der Waals surface area contributed by atoms with E-state index in [9.17, 15) is 4.39 Å². The van der Waals surface area contributed by atoms with E-state index in [-0.39, 0.29) is 11.9 Å². The summed E-state index contributed by atoms with van der Waals surface area (Å²) in [5, 5.41) is 3.90. The summed E-state index contributed by atoms with van der Waals surface area (Å²) >= 11 is 6.12. The monoisotopic (exact) mass is 295 g/mol. The number of aryl methyl sites for hydroxylation is 1. The summed E-state index contributed by atoms with van der Waals surface area (Å²) in [5.41, 5.74) is 1.60. The smallest absolute Gasteiger partial charge is 0.127 e. The summed E-state index contributed by atoms with van der Waals surface area (Å²) in [6.45, 7) is 4.88. The second kappa shape index (κ2) is 6.91. The molecule has 0 spiro atoms. The Bertz CT molecular complexity index is 547. The number of hydrogen-bond acceptors (Lipinski definition) is 2. The van der Waals surface area contributed by atoms with E-state index in [1.807, 2.05) is 13.0 Å². The lowest BCUT2D eigenvalue weighted by molar-refractivity contribution is 0.487. The molecule has 1 aromatic carbocycles. The molecule has 1 heterocycles. The number of halogens is 2. The fourth-order valence-electron chi connectivity index (χ4n) is 2.30. The number of nitrogens with one attached hydrogen (secondary N) is 1. The van der Waals surface area contributed by atoms with E-state index in [0.29, 0.717) is 17.0 Å². The molecule has 0 saturated carbocycles.